The Balaban J connectivity index is 1.48. The Kier molecular flexibility index (Phi) is 11.7. The molecule has 0 aliphatic heterocycles. The van der Waals surface area contributed by atoms with Gasteiger partial charge in [-0.1, -0.05) is 47.1 Å². The Morgan fingerprint density at radius 2 is 1.85 bits per heavy atom. The number of ketones is 3. The van der Waals surface area contributed by atoms with Crippen LogP contribution in [0.5, 0.6) is 5.75 Å². The van der Waals surface area contributed by atoms with Crippen molar-refractivity contribution in [1.82, 2.24) is 15.3 Å². The Bertz CT molecular complexity index is 1600. The van der Waals surface area contributed by atoms with Crippen LogP contribution in [0.15, 0.2) is 42.6 Å². The number of esters is 1. The van der Waals surface area contributed by atoms with E-state index in [1.807, 2.05) is 52.8 Å². The summed E-state index contributed by atoms with van der Waals surface area (Å²) in [7, 11) is 1.56. The Morgan fingerprint density at radius 1 is 1.09 bits per heavy atom. The molecule has 1 fully saturated rings. The standard InChI is InChI=1S/C37H47N3O7/c1-22(2)16-25(18-31(42)29-19-26-27(39-29)11-9-13-33(26)46-6)35(44)40-28(17-23-10-7-8-12-30(23)41)32(43)21-47-36(45)24-14-15-34(38-20-24)37(3,4)5/h9,11,13-15,19-20,22-23,25,28,39H,7-8,10,12,16-18,21H2,1-6H3,(H,40,44)/t23-,25+,28-/m0/s1. The van der Waals surface area contributed by atoms with Gasteiger partial charge in [-0.3, -0.25) is 24.2 Å². The maximum absolute atomic E-state index is 13.8. The molecule has 2 aromatic heterocycles. The normalized spacial score (nSPS) is 16.5. The van der Waals surface area contributed by atoms with Crippen LogP contribution in [0.25, 0.3) is 10.9 Å². The third kappa shape index (κ3) is 9.36. The van der Waals surface area contributed by atoms with Crippen LogP contribution in [0.3, 0.4) is 0 Å². The maximum atomic E-state index is 13.8. The van der Waals surface area contributed by atoms with E-state index >= 15 is 0 Å². The average molecular weight is 646 g/mol. The summed E-state index contributed by atoms with van der Waals surface area (Å²) < 4.78 is 10.8. The van der Waals surface area contributed by atoms with Gasteiger partial charge in [0.25, 0.3) is 0 Å². The number of hydrogen-bond acceptors (Lipinski definition) is 8. The quantitative estimate of drug-likeness (QED) is 0.157. The van der Waals surface area contributed by atoms with E-state index in [1.54, 1.807) is 25.3 Å². The minimum atomic E-state index is -1.05. The average Bonchev–Trinajstić information content (AvgIpc) is 3.48. The number of nitrogens with one attached hydrogen (secondary N) is 2. The van der Waals surface area contributed by atoms with Gasteiger partial charge in [-0.05, 0) is 61.9 Å². The van der Waals surface area contributed by atoms with E-state index in [2.05, 4.69) is 15.3 Å². The van der Waals surface area contributed by atoms with Crippen LogP contribution in [0.1, 0.15) is 106 Å². The third-order valence-electron chi connectivity index (χ3n) is 8.72. The van der Waals surface area contributed by atoms with E-state index in [0.717, 1.165) is 29.4 Å². The van der Waals surface area contributed by atoms with Crippen LogP contribution >= 0.6 is 0 Å². The fraction of sp³-hybridized carbons (Fsp3) is 0.514. The number of rotatable bonds is 14. The number of ether oxygens (including phenoxy) is 2. The number of hydrogen-bond donors (Lipinski definition) is 2. The number of benzene rings is 1. The van der Waals surface area contributed by atoms with Crippen molar-refractivity contribution in [1.29, 1.82) is 0 Å². The van der Waals surface area contributed by atoms with Crippen molar-refractivity contribution in [2.75, 3.05) is 13.7 Å². The van der Waals surface area contributed by atoms with E-state index in [9.17, 15) is 24.0 Å². The highest BCUT2D eigenvalue weighted by atomic mass is 16.5. The number of Topliss-reactive ketones (excluding diaryl/α,β-unsaturated/α-hetero) is 3. The molecule has 1 aliphatic rings. The van der Waals surface area contributed by atoms with E-state index < -0.39 is 36.2 Å². The summed E-state index contributed by atoms with van der Waals surface area (Å²) in [5.41, 5.74) is 1.93. The molecule has 0 saturated heterocycles. The molecule has 0 unspecified atom stereocenters. The minimum absolute atomic E-state index is 0.0634. The van der Waals surface area contributed by atoms with Crippen LogP contribution in [-0.2, 0) is 24.5 Å². The predicted octanol–water partition coefficient (Wildman–Crippen LogP) is 6.16. The SMILES string of the molecule is COc1cccc2[nH]c(C(=O)C[C@@H](CC(C)C)C(=O)N[C@@H](C[C@@H]3CCCCC3=O)C(=O)COC(=O)c3ccc(C(C)(C)C)nc3)cc12. The largest absolute Gasteiger partial charge is 0.496 e. The third-order valence-corrected chi connectivity index (χ3v) is 8.72. The molecule has 10 nitrogen and oxygen atoms in total. The highest BCUT2D eigenvalue weighted by Gasteiger charge is 2.33. The number of amides is 1. The lowest BCUT2D eigenvalue weighted by Gasteiger charge is -2.27. The zero-order chi connectivity index (χ0) is 34.3. The summed E-state index contributed by atoms with van der Waals surface area (Å²) >= 11 is 0. The first-order valence-corrected chi connectivity index (χ1v) is 16.4. The molecule has 1 aromatic carbocycles. The zero-order valence-corrected chi connectivity index (χ0v) is 28.3. The van der Waals surface area contributed by atoms with Crippen molar-refractivity contribution in [3.05, 3.63) is 59.5 Å². The van der Waals surface area contributed by atoms with Gasteiger partial charge >= 0.3 is 5.97 Å². The predicted molar refractivity (Wildman–Crippen MR) is 178 cm³/mol. The second kappa shape index (κ2) is 15.5. The Hall–Kier alpha value is -4.34. The smallest absolute Gasteiger partial charge is 0.340 e. The number of carbonyl (C=O) groups is 5. The summed E-state index contributed by atoms with van der Waals surface area (Å²) in [6.07, 6.45) is 4.60. The highest BCUT2D eigenvalue weighted by molar-refractivity contribution is 6.03. The molecule has 10 heteroatoms. The molecule has 47 heavy (non-hydrogen) atoms. The van der Waals surface area contributed by atoms with Gasteiger partial charge in [0.1, 0.15) is 11.5 Å². The number of H-pyrrole nitrogens is 1. The summed E-state index contributed by atoms with van der Waals surface area (Å²) in [5.74, 6) is -2.22. The number of nitrogens with zero attached hydrogens (tertiary/aromatic N) is 1. The molecule has 1 amide bonds. The molecule has 0 spiro atoms. The van der Waals surface area contributed by atoms with Crippen LogP contribution in [0.2, 0.25) is 0 Å². The van der Waals surface area contributed by atoms with Gasteiger partial charge in [-0.2, -0.15) is 0 Å². The van der Waals surface area contributed by atoms with Gasteiger partial charge in [0.05, 0.1) is 24.4 Å². The molecular weight excluding hydrogens is 598 g/mol. The lowest BCUT2D eigenvalue weighted by atomic mass is 9.82. The van der Waals surface area contributed by atoms with Crippen LogP contribution < -0.4 is 10.1 Å². The summed E-state index contributed by atoms with van der Waals surface area (Å²) in [4.78, 5) is 73.7. The number of aromatic amines is 1. The lowest BCUT2D eigenvalue weighted by molar-refractivity contribution is -0.133. The molecule has 1 aliphatic carbocycles. The van der Waals surface area contributed by atoms with E-state index in [4.69, 9.17) is 9.47 Å². The van der Waals surface area contributed by atoms with Gasteiger partial charge in [0.15, 0.2) is 18.2 Å². The second-order valence-corrected chi connectivity index (χ2v) is 14.0. The minimum Gasteiger partial charge on any atom is -0.496 e. The fourth-order valence-corrected chi connectivity index (χ4v) is 6.07. The monoisotopic (exact) mass is 645 g/mol. The molecule has 2 heterocycles. The molecule has 1 saturated carbocycles. The first-order chi connectivity index (χ1) is 22.3. The van der Waals surface area contributed by atoms with Crippen molar-refractivity contribution in [2.24, 2.45) is 17.8 Å². The highest BCUT2D eigenvalue weighted by Crippen LogP contribution is 2.29. The maximum Gasteiger partial charge on any atom is 0.340 e. The molecule has 0 radical (unpaired) electrons. The van der Waals surface area contributed by atoms with Crippen molar-refractivity contribution < 1.29 is 33.4 Å². The molecular formula is C37H47N3O7. The molecule has 2 N–H and O–H groups in total. The van der Waals surface area contributed by atoms with E-state index in [0.29, 0.717) is 30.7 Å². The number of carbonyl (C=O) groups excluding carboxylic acids is 5. The number of aromatic nitrogens is 2. The fourth-order valence-electron chi connectivity index (χ4n) is 6.07. The summed E-state index contributed by atoms with van der Waals surface area (Å²) in [6, 6.07) is 9.51. The van der Waals surface area contributed by atoms with Crippen molar-refractivity contribution >= 4 is 40.1 Å². The van der Waals surface area contributed by atoms with Crippen LogP contribution in [0.4, 0.5) is 0 Å². The van der Waals surface area contributed by atoms with Gasteiger partial charge < -0.3 is 19.8 Å². The molecule has 252 valence electrons. The van der Waals surface area contributed by atoms with E-state index in [-0.39, 0.29) is 47.2 Å². The first kappa shape index (κ1) is 35.5. The van der Waals surface area contributed by atoms with Gasteiger partial charge in [-0.15, -0.1) is 0 Å². The Morgan fingerprint density at radius 3 is 2.49 bits per heavy atom. The number of pyridine rings is 1. The van der Waals surface area contributed by atoms with E-state index in [1.165, 1.54) is 6.20 Å². The van der Waals surface area contributed by atoms with Crippen LogP contribution in [0, 0.1) is 17.8 Å². The molecule has 3 aromatic rings. The topological polar surface area (TPSA) is 145 Å². The van der Waals surface area contributed by atoms with Crippen molar-refractivity contribution in [3.8, 4) is 5.75 Å². The van der Waals surface area contributed by atoms with Gasteiger partial charge in [-0.25, -0.2) is 4.79 Å². The molecule has 3 atom stereocenters. The number of methoxy groups -OCH3 is 1. The molecule has 0 bridgehead atoms. The van der Waals surface area contributed by atoms with Crippen LogP contribution in [-0.4, -0.2) is 59.0 Å². The van der Waals surface area contributed by atoms with Gasteiger partial charge in [0.2, 0.25) is 5.91 Å². The van der Waals surface area contributed by atoms with Crippen molar-refractivity contribution in [2.45, 2.75) is 91.0 Å². The summed E-state index contributed by atoms with van der Waals surface area (Å²) in [6.45, 7) is 9.39. The Labute approximate surface area is 276 Å². The lowest BCUT2D eigenvalue weighted by Crippen LogP contribution is -2.47. The van der Waals surface area contributed by atoms with Gasteiger partial charge in [0, 0.05) is 52.9 Å². The summed E-state index contributed by atoms with van der Waals surface area (Å²) in [5, 5.41) is 3.62. The second-order valence-electron chi connectivity index (χ2n) is 14.0. The zero-order valence-electron chi connectivity index (χ0n) is 28.3. The van der Waals surface area contributed by atoms with Crippen molar-refractivity contribution in [3.63, 3.8) is 0 Å². The first-order valence-electron chi connectivity index (χ1n) is 16.4. The molecule has 4 rings (SSSR count). The number of fused-ring (bicyclic) bond motifs is 1.